The van der Waals surface area contributed by atoms with Gasteiger partial charge in [0, 0.05) is 48.7 Å². The first-order valence-electron chi connectivity index (χ1n) is 10.7. The molecule has 6 nitrogen and oxygen atoms in total. The number of carbonyl (C=O) groups is 1. The molecule has 2 aromatic rings. The standard InChI is InChI=1S/C23H28N4O2/c1-26-14-15(9-16(12-24)23(28)27-5-7-29-8-6-27)10-19-18-3-2-4-20-22(18)17(13-25-20)11-21(19)26/h2-4,13,15-16,19,21,25H,5-11,14H2,1H3/t15-,16?,19?,21-/m1/s1. The van der Waals surface area contributed by atoms with E-state index in [1.54, 1.807) is 4.90 Å². The summed E-state index contributed by atoms with van der Waals surface area (Å²) in [7, 11) is 2.20. The lowest BCUT2D eigenvalue weighted by molar-refractivity contribution is -0.138. The van der Waals surface area contributed by atoms with Gasteiger partial charge < -0.3 is 19.5 Å². The number of aromatic nitrogens is 1. The number of nitriles is 1. The van der Waals surface area contributed by atoms with E-state index in [1.807, 2.05) is 0 Å². The van der Waals surface area contributed by atoms with Crippen LogP contribution in [-0.4, -0.2) is 66.6 Å². The number of H-pyrrole nitrogens is 1. The van der Waals surface area contributed by atoms with E-state index in [1.165, 1.54) is 22.0 Å². The summed E-state index contributed by atoms with van der Waals surface area (Å²) in [5, 5.41) is 11.1. The van der Waals surface area contributed by atoms with Crippen LogP contribution in [0.3, 0.4) is 0 Å². The number of nitrogens with one attached hydrogen (secondary N) is 1. The Bertz CT molecular complexity index is 955. The number of rotatable bonds is 3. The first kappa shape index (κ1) is 18.7. The molecule has 1 N–H and O–H groups in total. The van der Waals surface area contributed by atoms with Crippen LogP contribution in [0.4, 0.5) is 0 Å². The number of aromatic amines is 1. The summed E-state index contributed by atoms with van der Waals surface area (Å²) in [6.45, 7) is 3.30. The van der Waals surface area contributed by atoms with Crippen molar-refractivity contribution in [2.45, 2.75) is 31.2 Å². The fraction of sp³-hybridized carbons (Fsp3) is 0.565. The van der Waals surface area contributed by atoms with E-state index in [2.05, 4.69) is 47.4 Å². The Morgan fingerprint density at radius 1 is 1.38 bits per heavy atom. The van der Waals surface area contributed by atoms with Gasteiger partial charge in [-0.2, -0.15) is 5.26 Å². The number of benzene rings is 1. The molecule has 2 fully saturated rings. The van der Waals surface area contributed by atoms with Crippen molar-refractivity contribution in [2.75, 3.05) is 39.9 Å². The summed E-state index contributed by atoms with van der Waals surface area (Å²) in [5.41, 5.74) is 4.07. The van der Waals surface area contributed by atoms with E-state index >= 15 is 0 Å². The Balaban J connectivity index is 1.36. The molecule has 6 heteroatoms. The van der Waals surface area contributed by atoms with Crippen LogP contribution >= 0.6 is 0 Å². The first-order chi connectivity index (χ1) is 14.2. The Labute approximate surface area is 171 Å². The normalized spacial score (nSPS) is 28.0. The van der Waals surface area contributed by atoms with Crippen LogP contribution in [-0.2, 0) is 16.0 Å². The molecule has 2 aliphatic heterocycles. The van der Waals surface area contributed by atoms with Gasteiger partial charge in [-0.25, -0.2) is 0 Å². The van der Waals surface area contributed by atoms with Crippen molar-refractivity contribution in [3.63, 3.8) is 0 Å². The van der Waals surface area contributed by atoms with Gasteiger partial charge in [0.1, 0.15) is 5.92 Å². The average Bonchev–Trinajstić information content (AvgIpc) is 3.17. The van der Waals surface area contributed by atoms with Crippen LogP contribution in [0, 0.1) is 23.2 Å². The van der Waals surface area contributed by atoms with Crippen LogP contribution in [0.15, 0.2) is 24.4 Å². The van der Waals surface area contributed by atoms with Crippen molar-refractivity contribution in [3.05, 3.63) is 35.5 Å². The zero-order valence-corrected chi connectivity index (χ0v) is 16.9. The molecular formula is C23H28N4O2. The third-order valence-corrected chi connectivity index (χ3v) is 7.16. The quantitative estimate of drug-likeness (QED) is 0.871. The van der Waals surface area contributed by atoms with Gasteiger partial charge in [-0.3, -0.25) is 4.79 Å². The topological polar surface area (TPSA) is 72.4 Å². The van der Waals surface area contributed by atoms with E-state index < -0.39 is 5.92 Å². The summed E-state index contributed by atoms with van der Waals surface area (Å²) in [6.07, 6.45) is 4.93. The Morgan fingerprint density at radius 2 is 2.21 bits per heavy atom. The van der Waals surface area contributed by atoms with Gasteiger partial charge in [-0.15, -0.1) is 0 Å². The highest BCUT2D eigenvalue weighted by molar-refractivity contribution is 5.88. The average molecular weight is 393 g/mol. The van der Waals surface area contributed by atoms with Crippen molar-refractivity contribution in [3.8, 4) is 6.07 Å². The van der Waals surface area contributed by atoms with Crippen molar-refractivity contribution < 1.29 is 9.53 Å². The maximum Gasteiger partial charge on any atom is 0.240 e. The van der Waals surface area contributed by atoms with Crippen LogP contribution in [0.1, 0.15) is 29.9 Å². The highest BCUT2D eigenvalue weighted by Crippen LogP contribution is 2.45. The molecule has 2 unspecified atom stereocenters. The zero-order chi connectivity index (χ0) is 20.0. The number of nitrogens with zero attached hydrogens (tertiary/aromatic N) is 3. The molecule has 2 saturated heterocycles. The number of carbonyl (C=O) groups excluding carboxylic acids is 1. The van der Waals surface area contributed by atoms with Gasteiger partial charge in [-0.1, -0.05) is 12.1 Å². The lowest BCUT2D eigenvalue weighted by Crippen LogP contribution is -2.49. The van der Waals surface area contributed by atoms with E-state index in [0.717, 1.165) is 19.4 Å². The molecule has 4 atom stereocenters. The van der Waals surface area contributed by atoms with E-state index in [-0.39, 0.29) is 5.91 Å². The number of hydrogen-bond donors (Lipinski definition) is 1. The lowest BCUT2D eigenvalue weighted by Gasteiger charge is -2.46. The van der Waals surface area contributed by atoms with E-state index in [9.17, 15) is 10.1 Å². The second kappa shape index (κ2) is 7.47. The van der Waals surface area contributed by atoms with Gasteiger partial charge in [-0.05, 0) is 49.4 Å². The molecule has 3 aliphatic rings. The fourth-order valence-electron chi connectivity index (χ4n) is 5.77. The van der Waals surface area contributed by atoms with Gasteiger partial charge >= 0.3 is 0 Å². The zero-order valence-electron chi connectivity index (χ0n) is 16.9. The summed E-state index contributed by atoms with van der Waals surface area (Å²) < 4.78 is 5.35. The van der Waals surface area contributed by atoms with Gasteiger partial charge in [0.15, 0.2) is 0 Å². The molecule has 0 spiro atoms. The highest BCUT2D eigenvalue weighted by atomic mass is 16.5. The number of likely N-dealkylation sites (N-methyl/N-ethyl adjacent to an activating group) is 1. The summed E-state index contributed by atoms with van der Waals surface area (Å²) in [6, 6.07) is 9.37. The summed E-state index contributed by atoms with van der Waals surface area (Å²) in [4.78, 5) is 20.6. The number of hydrogen-bond acceptors (Lipinski definition) is 4. The number of fused-ring (bicyclic) bond motifs is 2. The molecule has 152 valence electrons. The van der Waals surface area contributed by atoms with Crippen molar-refractivity contribution in [2.24, 2.45) is 11.8 Å². The van der Waals surface area contributed by atoms with Crippen LogP contribution in [0.2, 0.25) is 0 Å². The van der Waals surface area contributed by atoms with Crippen LogP contribution < -0.4 is 0 Å². The molecule has 0 radical (unpaired) electrons. The molecule has 3 heterocycles. The lowest BCUT2D eigenvalue weighted by atomic mass is 9.71. The molecule has 1 aromatic carbocycles. The maximum atomic E-state index is 12.9. The number of morpholine rings is 1. The molecule has 0 saturated carbocycles. The molecule has 1 aliphatic carbocycles. The van der Waals surface area contributed by atoms with Crippen molar-refractivity contribution in [1.29, 1.82) is 5.26 Å². The first-order valence-corrected chi connectivity index (χ1v) is 10.7. The third-order valence-electron chi connectivity index (χ3n) is 7.16. The summed E-state index contributed by atoms with van der Waals surface area (Å²) in [5.74, 6) is 0.250. The number of likely N-dealkylation sites (tertiary alicyclic amines) is 1. The minimum atomic E-state index is -0.551. The van der Waals surface area contributed by atoms with E-state index in [4.69, 9.17) is 4.74 Å². The number of piperidine rings is 1. The Kier molecular flexibility index (Phi) is 4.81. The molecule has 0 bridgehead atoms. The number of amides is 1. The Hall–Kier alpha value is -2.36. The van der Waals surface area contributed by atoms with Crippen molar-refractivity contribution in [1.82, 2.24) is 14.8 Å². The highest BCUT2D eigenvalue weighted by Gasteiger charge is 2.40. The molecular weight excluding hydrogens is 364 g/mol. The van der Waals surface area contributed by atoms with E-state index in [0.29, 0.717) is 50.6 Å². The summed E-state index contributed by atoms with van der Waals surface area (Å²) >= 11 is 0. The minimum absolute atomic E-state index is 0.0146. The van der Waals surface area contributed by atoms with Crippen LogP contribution in [0.5, 0.6) is 0 Å². The van der Waals surface area contributed by atoms with Gasteiger partial charge in [0.2, 0.25) is 5.91 Å². The molecule has 1 amide bonds. The maximum absolute atomic E-state index is 12.9. The smallest absolute Gasteiger partial charge is 0.240 e. The minimum Gasteiger partial charge on any atom is -0.378 e. The van der Waals surface area contributed by atoms with Gasteiger partial charge in [0.05, 0.1) is 19.3 Å². The second-order valence-electron chi connectivity index (χ2n) is 8.86. The van der Waals surface area contributed by atoms with Crippen molar-refractivity contribution >= 4 is 16.8 Å². The largest absolute Gasteiger partial charge is 0.378 e. The third kappa shape index (κ3) is 3.23. The monoisotopic (exact) mass is 392 g/mol. The Morgan fingerprint density at radius 3 is 3.00 bits per heavy atom. The van der Waals surface area contributed by atoms with Crippen LogP contribution in [0.25, 0.3) is 10.9 Å². The SMILES string of the molecule is CN1C[C@H](CC(C#N)C(=O)N2CCOCC2)CC2c3cccc4[nH]cc(c34)C[C@H]21. The second-order valence-corrected chi connectivity index (χ2v) is 8.86. The molecule has 1 aromatic heterocycles. The fourth-order valence-corrected chi connectivity index (χ4v) is 5.77. The van der Waals surface area contributed by atoms with Gasteiger partial charge in [0.25, 0.3) is 0 Å². The predicted molar refractivity (Wildman–Crippen MR) is 110 cm³/mol. The number of ether oxygens (including phenoxy) is 1. The molecule has 29 heavy (non-hydrogen) atoms. The predicted octanol–water partition coefficient (Wildman–Crippen LogP) is 2.52. The molecule has 5 rings (SSSR count).